The number of aliphatic hydroxyl groups excluding tert-OH is 2. The summed E-state index contributed by atoms with van der Waals surface area (Å²) in [4.78, 5) is 39.9. The van der Waals surface area contributed by atoms with Crippen LogP contribution in [0.15, 0.2) is 24.4 Å². The molecule has 0 radical (unpaired) electrons. The number of nitrogens with zero attached hydrogens (tertiary/aromatic N) is 1. The average molecular weight is 437 g/mol. The van der Waals surface area contributed by atoms with E-state index < -0.39 is 35.8 Å². The Bertz CT molecular complexity index is 757. The molecule has 1 aromatic heterocycles. The fourth-order valence-electron chi connectivity index (χ4n) is 3.35. The summed E-state index contributed by atoms with van der Waals surface area (Å²) in [6.07, 6.45) is -2.58. The van der Waals surface area contributed by atoms with Crippen molar-refractivity contribution < 1.29 is 34.1 Å². The molecule has 1 saturated heterocycles. The number of amides is 2. The average Bonchev–Trinajstić information content (AvgIpc) is 2.98. The Balaban J connectivity index is 1.77. The van der Waals surface area contributed by atoms with Gasteiger partial charge in [-0.3, -0.25) is 19.4 Å². The molecule has 0 bridgehead atoms. The molecule has 10 heteroatoms. The van der Waals surface area contributed by atoms with E-state index in [2.05, 4.69) is 20.4 Å². The van der Waals surface area contributed by atoms with Gasteiger partial charge >= 0.3 is 5.97 Å². The highest BCUT2D eigenvalue weighted by Crippen LogP contribution is 2.26. The Morgan fingerprint density at radius 1 is 1.10 bits per heavy atom. The minimum atomic E-state index is -1.25. The van der Waals surface area contributed by atoms with Crippen LogP contribution in [0, 0.1) is 5.41 Å². The van der Waals surface area contributed by atoms with Crippen LogP contribution < -0.4 is 10.6 Å². The number of ether oxygens (including phenoxy) is 2. The van der Waals surface area contributed by atoms with E-state index in [9.17, 15) is 24.6 Å². The highest BCUT2D eigenvalue weighted by Gasteiger charge is 2.43. The van der Waals surface area contributed by atoms with Gasteiger partial charge < -0.3 is 30.3 Å². The number of esters is 1. The number of carbonyl (C=O) groups excluding carboxylic acids is 3. The zero-order valence-corrected chi connectivity index (χ0v) is 18.0. The van der Waals surface area contributed by atoms with Gasteiger partial charge in [0.2, 0.25) is 11.8 Å². The lowest BCUT2D eigenvalue weighted by Crippen LogP contribution is -2.41. The molecule has 2 heterocycles. The van der Waals surface area contributed by atoms with Crippen molar-refractivity contribution in [2.45, 2.75) is 64.1 Å². The van der Waals surface area contributed by atoms with E-state index in [0.717, 1.165) is 0 Å². The summed E-state index contributed by atoms with van der Waals surface area (Å²) < 4.78 is 10.2. The first kappa shape index (κ1) is 24.7. The maximum Gasteiger partial charge on any atom is 0.306 e. The smallest absolute Gasteiger partial charge is 0.306 e. The molecule has 1 fully saturated rings. The van der Waals surface area contributed by atoms with Gasteiger partial charge in [0.25, 0.3) is 0 Å². The molecule has 1 aliphatic heterocycles. The van der Waals surface area contributed by atoms with E-state index in [1.165, 1.54) is 7.11 Å². The molecule has 2 amide bonds. The second-order valence-corrected chi connectivity index (χ2v) is 8.39. The summed E-state index contributed by atoms with van der Waals surface area (Å²) in [7, 11) is 1.29. The number of carbonyl (C=O) groups is 3. The number of hydrogen-bond acceptors (Lipinski definition) is 8. The summed E-state index contributed by atoms with van der Waals surface area (Å²) in [5.41, 5.74) is 0.0968. The Hall–Kier alpha value is -2.56. The van der Waals surface area contributed by atoms with Crippen LogP contribution in [0.3, 0.4) is 0 Å². The number of aromatic nitrogens is 1. The molecule has 1 aromatic rings. The van der Waals surface area contributed by atoms with Crippen LogP contribution in [-0.4, -0.2) is 71.1 Å². The third-order valence-corrected chi connectivity index (χ3v) is 5.03. The van der Waals surface area contributed by atoms with Crippen LogP contribution in [0.2, 0.25) is 0 Å². The monoisotopic (exact) mass is 437 g/mol. The van der Waals surface area contributed by atoms with Crippen LogP contribution in [0.5, 0.6) is 0 Å². The molecule has 2 rings (SSSR count). The van der Waals surface area contributed by atoms with Crippen molar-refractivity contribution in [1.29, 1.82) is 0 Å². The Morgan fingerprint density at radius 3 is 2.45 bits per heavy atom. The summed E-state index contributed by atoms with van der Waals surface area (Å²) in [5.74, 6) is -1.08. The first-order chi connectivity index (χ1) is 14.6. The number of aliphatic hydroxyl groups is 2. The van der Waals surface area contributed by atoms with Gasteiger partial charge in [-0.05, 0) is 17.5 Å². The van der Waals surface area contributed by atoms with Crippen molar-refractivity contribution >= 4 is 17.8 Å². The van der Waals surface area contributed by atoms with Crippen molar-refractivity contribution in [2.24, 2.45) is 5.41 Å². The third kappa shape index (κ3) is 7.89. The Labute approximate surface area is 181 Å². The van der Waals surface area contributed by atoms with E-state index in [0.29, 0.717) is 5.69 Å². The standard InChI is InChI=1S/C21H31N3O7/c1-21(2,10-18(27)30-3)9-17(26)24-12-15-20(29)19(28)14(31-15)8-16(25)23-11-13-6-4-5-7-22-13/h4-7,14-15,19-20,28-29H,8-12H2,1-3H3,(H,23,25)(H,24,26). The number of hydrogen-bond donors (Lipinski definition) is 4. The van der Waals surface area contributed by atoms with Crippen molar-refractivity contribution in [3.63, 3.8) is 0 Å². The zero-order chi connectivity index (χ0) is 23.0. The number of nitrogens with one attached hydrogen (secondary N) is 2. The molecule has 4 N–H and O–H groups in total. The van der Waals surface area contributed by atoms with Gasteiger partial charge in [-0.2, -0.15) is 0 Å². The lowest BCUT2D eigenvalue weighted by molar-refractivity contribution is -0.143. The molecule has 4 unspecified atom stereocenters. The summed E-state index contributed by atoms with van der Waals surface area (Å²) in [5, 5.41) is 25.8. The molecule has 1 aliphatic rings. The van der Waals surface area contributed by atoms with Crippen molar-refractivity contribution in [1.82, 2.24) is 15.6 Å². The molecule has 0 saturated carbocycles. The molecular weight excluding hydrogens is 406 g/mol. The largest absolute Gasteiger partial charge is 0.469 e. The van der Waals surface area contributed by atoms with Crippen molar-refractivity contribution in [3.8, 4) is 0 Å². The zero-order valence-electron chi connectivity index (χ0n) is 18.0. The topological polar surface area (TPSA) is 147 Å². The number of methoxy groups -OCH3 is 1. The molecule has 0 aromatic carbocycles. The van der Waals surface area contributed by atoms with Crippen LogP contribution in [0.1, 0.15) is 38.8 Å². The maximum absolute atomic E-state index is 12.2. The Kier molecular flexibility index (Phi) is 8.90. The predicted molar refractivity (Wildman–Crippen MR) is 109 cm³/mol. The van der Waals surface area contributed by atoms with Crippen LogP contribution in [-0.2, 0) is 30.4 Å². The maximum atomic E-state index is 12.2. The van der Waals surface area contributed by atoms with Gasteiger partial charge in [-0.15, -0.1) is 0 Å². The van der Waals surface area contributed by atoms with E-state index in [-0.39, 0.29) is 44.2 Å². The Morgan fingerprint density at radius 2 is 1.81 bits per heavy atom. The van der Waals surface area contributed by atoms with Crippen LogP contribution >= 0.6 is 0 Å². The highest BCUT2D eigenvalue weighted by atomic mass is 16.5. The van der Waals surface area contributed by atoms with Gasteiger partial charge in [0, 0.05) is 19.2 Å². The number of rotatable bonds is 10. The molecular formula is C21H31N3O7. The SMILES string of the molecule is COC(=O)CC(C)(C)CC(=O)NCC1OC(CC(=O)NCc2ccccn2)C(O)C1O. The fraction of sp³-hybridized carbons (Fsp3) is 0.619. The van der Waals surface area contributed by atoms with Crippen molar-refractivity contribution in [3.05, 3.63) is 30.1 Å². The third-order valence-electron chi connectivity index (χ3n) is 5.03. The highest BCUT2D eigenvalue weighted by molar-refractivity contribution is 5.78. The fourth-order valence-corrected chi connectivity index (χ4v) is 3.35. The molecule has 10 nitrogen and oxygen atoms in total. The van der Waals surface area contributed by atoms with Gasteiger partial charge in [0.15, 0.2) is 0 Å². The summed E-state index contributed by atoms with van der Waals surface area (Å²) >= 11 is 0. The summed E-state index contributed by atoms with van der Waals surface area (Å²) in [6.45, 7) is 3.75. The predicted octanol–water partition coefficient (Wildman–Crippen LogP) is -0.327. The molecule has 4 atom stereocenters. The van der Waals surface area contributed by atoms with Gasteiger partial charge in [-0.1, -0.05) is 19.9 Å². The summed E-state index contributed by atoms with van der Waals surface area (Å²) in [6, 6.07) is 5.36. The minimum absolute atomic E-state index is 0.0303. The molecule has 0 aliphatic carbocycles. The van der Waals surface area contributed by atoms with Gasteiger partial charge in [-0.25, -0.2) is 0 Å². The van der Waals surface area contributed by atoms with Crippen LogP contribution in [0.25, 0.3) is 0 Å². The lowest BCUT2D eigenvalue weighted by Gasteiger charge is -2.23. The molecule has 0 spiro atoms. The van der Waals surface area contributed by atoms with E-state index in [1.54, 1.807) is 32.2 Å². The first-order valence-electron chi connectivity index (χ1n) is 10.1. The second-order valence-electron chi connectivity index (χ2n) is 8.39. The van der Waals surface area contributed by atoms with Gasteiger partial charge in [0.05, 0.1) is 38.3 Å². The molecule has 172 valence electrons. The first-order valence-corrected chi connectivity index (χ1v) is 10.1. The minimum Gasteiger partial charge on any atom is -0.469 e. The lowest BCUT2D eigenvalue weighted by atomic mass is 9.85. The quantitative estimate of drug-likeness (QED) is 0.364. The van der Waals surface area contributed by atoms with E-state index in [4.69, 9.17) is 4.74 Å². The number of pyridine rings is 1. The normalized spacial score (nSPS) is 23.3. The van der Waals surface area contributed by atoms with E-state index in [1.807, 2.05) is 6.07 Å². The second kappa shape index (κ2) is 11.2. The van der Waals surface area contributed by atoms with Crippen molar-refractivity contribution in [2.75, 3.05) is 13.7 Å². The van der Waals surface area contributed by atoms with E-state index >= 15 is 0 Å². The van der Waals surface area contributed by atoms with Crippen LogP contribution in [0.4, 0.5) is 0 Å². The van der Waals surface area contributed by atoms with Gasteiger partial charge in [0.1, 0.15) is 18.3 Å². The molecule has 31 heavy (non-hydrogen) atoms.